The molecule has 0 radical (unpaired) electrons. The molecule has 0 amide bonds. The summed E-state index contributed by atoms with van der Waals surface area (Å²) in [6.07, 6.45) is 7.44. The lowest BCUT2D eigenvalue weighted by Crippen LogP contribution is -2.45. The lowest BCUT2D eigenvalue weighted by Gasteiger charge is -2.38. The minimum absolute atomic E-state index is 0.657. The van der Waals surface area contributed by atoms with Gasteiger partial charge in [0.1, 0.15) is 0 Å². The fourth-order valence-electron chi connectivity index (χ4n) is 4.32. The highest BCUT2D eigenvalue weighted by Crippen LogP contribution is 2.21. The van der Waals surface area contributed by atoms with Crippen LogP contribution in [0.4, 0.5) is 0 Å². The fourth-order valence-corrected chi connectivity index (χ4v) is 4.32. The fraction of sp³-hybridized carbons (Fsp3) is 0.346. The van der Waals surface area contributed by atoms with Gasteiger partial charge in [-0.15, -0.1) is 0 Å². The van der Waals surface area contributed by atoms with E-state index in [-0.39, 0.29) is 0 Å². The van der Waals surface area contributed by atoms with Crippen LogP contribution in [-0.2, 0) is 19.5 Å². The van der Waals surface area contributed by atoms with Crippen molar-refractivity contribution in [3.8, 4) is 0 Å². The zero-order valence-electron chi connectivity index (χ0n) is 17.2. The SMILES string of the molecule is c1ccc(CCN(Cc2ccccc2)C2CCN(Cc3cccnc3)CC2)cc1. The van der Waals surface area contributed by atoms with E-state index >= 15 is 0 Å². The van der Waals surface area contributed by atoms with Gasteiger partial charge in [-0.05, 0) is 55.1 Å². The molecule has 3 nitrogen and oxygen atoms in total. The third-order valence-electron chi connectivity index (χ3n) is 5.96. The number of hydrogen-bond donors (Lipinski definition) is 0. The van der Waals surface area contributed by atoms with Crippen LogP contribution in [0.3, 0.4) is 0 Å². The molecule has 0 bridgehead atoms. The maximum atomic E-state index is 4.26. The van der Waals surface area contributed by atoms with E-state index in [2.05, 4.69) is 81.5 Å². The Morgan fingerprint density at radius 1 is 0.793 bits per heavy atom. The zero-order chi connectivity index (χ0) is 19.7. The second kappa shape index (κ2) is 10.3. The summed E-state index contributed by atoms with van der Waals surface area (Å²) >= 11 is 0. The lowest BCUT2D eigenvalue weighted by atomic mass is 10.0. The molecule has 3 heteroatoms. The summed E-state index contributed by atoms with van der Waals surface area (Å²) < 4.78 is 0. The Morgan fingerprint density at radius 3 is 2.10 bits per heavy atom. The summed E-state index contributed by atoms with van der Waals surface area (Å²) in [7, 11) is 0. The quantitative estimate of drug-likeness (QED) is 0.556. The zero-order valence-corrected chi connectivity index (χ0v) is 17.2. The molecule has 0 N–H and O–H groups in total. The highest BCUT2D eigenvalue weighted by Gasteiger charge is 2.24. The molecule has 1 fully saturated rings. The average Bonchev–Trinajstić information content (AvgIpc) is 2.79. The van der Waals surface area contributed by atoms with Gasteiger partial charge in [0.25, 0.3) is 0 Å². The molecule has 1 aliphatic heterocycles. The summed E-state index contributed by atoms with van der Waals surface area (Å²) in [5, 5.41) is 0. The lowest BCUT2D eigenvalue weighted by molar-refractivity contribution is 0.0997. The summed E-state index contributed by atoms with van der Waals surface area (Å²) in [6, 6.07) is 26.7. The highest BCUT2D eigenvalue weighted by molar-refractivity contribution is 5.17. The number of benzene rings is 2. The van der Waals surface area contributed by atoms with Gasteiger partial charge in [0, 0.05) is 38.1 Å². The normalized spacial score (nSPS) is 15.6. The van der Waals surface area contributed by atoms with Crippen molar-refractivity contribution >= 4 is 0 Å². The average molecular weight is 386 g/mol. The van der Waals surface area contributed by atoms with E-state index in [9.17, 15) is 0 Å². The number of likely N-dealkylation sites (tertiary alicyclic amines) is 1. The van der Waals surface area contributed by atoms with Gasteiger partial charge in [0.2, 0.25) is 0 Å². The topological polar surface area (TPSA) is 19.4 Å². The molecule has 0 aliphatic carbocycles. The number of pyridine rings is 1. The maximum Gasteiger partial charge on any atom is 0.0312 e. The molecule has 29 heavy (non-hydrogen) atoms. The smallest absolute Gasteiger partial charge is 0.0312 e. The first-order chi connectivity index (χ1) is 14.4. The minimum Gasteiger partial charge on any atom is -0.299 e. The van der Waals surface area contributed by atoms with Crippen LogP contribution in [0.5, 0.6) is 0 Å². The van der Waals surface area contributed by atoms with Crippen LogP contribution in [-0.4, -0.2) is 40.5 Å². The number of nitrogens with zero attached hydrogens (tertiary/aromatic N) is 3. The molecule has 1 aliphatic rings. The largest absolute Gasteiger partial charge is 0.299 e. The molecule has 0 atom stereocenters. The van der Waals surface area contributed by atoms with Crippen molar-refractivity contribution in [3.05, 3.63) is 102 Å². The van der Waals surface area contributed by atoms with E-state index < -0.39 is 0 Å². The molecule has 2 aromatic carbocycles. The summed E-state index contributed by atoms with van der Waals surface area (Å²) in [4.78, 5) is 9.55. The molecule has 4 rings (SSSR count). The Kier molecular flexibility index (Phi) is 7.06. The molecule has 2 heterocycles. The molecular formula is C26H31N3. The summed E-state index contributed by atoms with van der Waals surface area (Å²) in [6.45, 7) is 5.50. The standard InChI is InChI=1S/C26H31N3/c1-3-8-23(9-4-1)13-19-29(22-24-10-5-2-6-11-24)26-14-17-28(18-15-26)21-25-12-7-16-27-20-25/h1-12,16,20,26H,13-15,17-19,21-22H2. The van der Waals surface area contributed by atoms with E-state index in [1.165, 1.54) is 29.5 Å². The van der Waals surface area contributed by atoms with Gasteiger partial charge >= 0.3 is 0 Å². The Balaban J connectivity index is 1.36. The number of rotatable bonds is 8. The Morgan fingerprint density at radius 2 is 1.45 bits per heavy atom. The van der Waals surface area contributed by atoms with Crippen molar-refractivity contribution in [2.24, 2.45) is 0 Å². The first kappa shape index (κ1) is 19.8. The molecule has 0 spiro atoms. The third kappa shape index (κ3) is 5.99. The Hall–Kier alpha value is -2.49. The number of hydrogen-bond acceptors (Lipinski definition) is 3. The predicted octanol–water partition coefficient (Wildman–Crippen LogP) is 4.79. The van der Waals surface area contributed by atoms with Crippen molar-refractivity contribution in [1.82, 2.24) is 14.8 Å². The Bertz CT molecular complexity index is 828. The van der Waals surface area contributed by atoms with Gasteiger partial charge in [-0.2, -0.15) is 0 Å². The van der Waals surface area contributed by atoms with E-state index in [0.29, 0.717) is 6.04 Å². The van der Waals surface area contributed by atoms with Crippen molar-refractivity contribution in [2.45, 2.75) is 38.4 Å². The van der Waals surface area contributed by atoms with Gasteiger partial charge in [0.15, 0.2) is 0 Å². The van der Waals surface area contributed by atoms with Gasteiger partial charge in [-0.1, -0.05) is 66.7 Å². The van der Waals surface area contributed by atoms with Crippen molar-refractivity contribution in [2.75, 3.05) is 19.6 Å². The van der Waals surface area contributed by atoms with Crippen LogP contribution in [0.2, 0.25) is 0 Å². The van der Waals surface area contributed by atoms with Crippen molar-refractivity contribution in [1.29, 1.82) is 0 Å². The molecule has 1 saturated heterocycles. The summed E-state index contributed by atoms with van der Waals surface area (Å²) in [5.74, 6) is 0. The van der Waals surface area contributed by atoms with Gasteiger partial charge < -0.3 is 0 Å². The van der Waals surface area contributed by atoms with Crippen LogP contribution in [0.1, 0.15) is 29.5 Å². The molecular weight excluding hydrogens is 354 g/mol. The van der Waals surface area contributed by atoms with Crippen molar-refractivity contribution < 1.29 is 0 Å². The first-order valence-electron chi connectivity index (χ1n) is 10.8. The minimum atomic E-state index is 0.657. The second-order valence-corrected chi connectivity index (χ2v) is 8.06. The van der Waals surface area contributed by atoms with Gasteiger partial charge in [-0.25, -0.2) is 0 Å². The van der Waals surface area contributed by atoms with E-state index in [4.69, 9.17) is 0 Å². The number of piperidine rings is 1. The summed E-state index contributed by atoms with van der Waals surface area (Å²) in [5.41, 5.74) is 4.16. The third-order valence-corrected chi connectivity index (χ3v) is 5.96. The highest BCUT2D eigenvalue weighted by atomic mass is 15.2. The van der Waals surface area contributed by atoms with Crippen LogP contribution in [0.25, 0.3) is 0 Å². The van der Waals surface area contributed by atoms with Crippen LogP contribution < -0.4 is 0 Å². The van der Waals surface area contributed by atoms with Crippen LogP contribution in [0.15, 0.2) is 85.2 Å². The van der Waals surface area contributed by atoms with E-state index in [0.717, 1.165) is 39.1 Å². The second-order valence-electron chi connectivity index (χ2n) is 8.06. The Labute approximate surface area is 175 Å². The molecule has 0 unspecified atom stereocenters. The maximum absolute atomic E-state index is 4.26. The monoisotopic (exact) mass is 385 g/mol. The van der Waals surface area contributed by atoms with E-state index in [1.54, 1.807) is 0 Å². The van der Waals surface area contributed by atoms with E-state index in [1.807, 2.05) is 18.5 Å². The molecule has 1 aromatic heterocycles. The molecule has 3 aromatic rings. The molecule has 150 valence electrons. The van der Waals surface area contributed by atoms with Crippen molar-refractivity contribution in [3.63, 3.8) is 0 Å². The first-order valence-corrected chi connectivity index (χ1v) is 10.8. The van der Waals surface area contributed by atoms with Crippen LogP contribution >= 0.6 is 0 Å². The number of aromatic nitrogens is 1. The van der Waals surface area contributed by atoms with Gasteiger partial charge in [0.05, 0.1) is 0 Å². The van der Waals surface area contributed by atoms with Gasteiger partial charge in [-0.3, -0.25) is 14.8 Å². The predicted molar refractivity (Wildman–Crippen MR) is 120 cm³/mol. The molecule has 0 saturated carbocycles. The van der Waals surface area contributed by atoms with Crippen LogP contribution in [0, 0.1) is 0 Å².